The van der Waals surface area contributed by atoms with Crippen LogP contribution in [0.15, 0.2) is 42.5 Å². The molecule has 0 radical (unpaired) electrons. The van der Waals surface area contributed by atoms with Gasteiger partial charge in [0.15, 0.2) is 5.78 Å². The monoisotopic (exact) mass is 570 g/mol. The average Bonchev–Trinajstić information content (AvgIpc) is 2.95. The van der Waals surface area contributed by atoms with Gasteiger partial charge in [0.1, 0.15) is 22.6 Å². The Kier molecular flexibility index (Phi) is 11.5. The van der Waals surface area contributed by atoms with E-state index in [2.05, 4.69) is 5.32 Å². The van der Waals surface area contributed by atoms with Crippen LogP contribution >= 0.6 is 0 Å². The van der Waals surface area contributed by atoms with Gasteiger partial charge in [0.25, 0.3) is 0 Å². The van der Waals surface area contributed by atoms with Gasteiger partial charge in [-0.3, -0.25) is 4.79 Å². The predicted octanol–water partition coefficient (Wildman–Crippen LogP) is 5.17. The molecule has 41 heavy (non-hydrogen) atoms. The third-order valence-electron chi connectivity index (χ3n) is 7.32. The molecule has 0 spiro atoms. The summed E-state index contributed by atoms with van der Waals surface area (Å²) in [4.78, 5) is 40.1. The topological polar surface area (TPSA) is 124 Å². The van der Waals surface area contributed by atoms with Crippen LogP contribution in [0.2, 0.25) is 0 Å². The molecule has 1 fully saturated rings. The smallest absolute Gasteiger partial charge is 0.329 e. The first-order valence-corrected chi connectivity index (χ1v) is 14.1. The maximum Gasteiger partial charge on any atom is 0.329 e. The highest BCUT2D eigenvalue weighted by Gasteiger charge is 2.43. The van der Waals surface area contributed by atoms with E-state index in [1.807, 2.05) is 58.0 Å². The van der Waals surface area contributed by atoms with Crippen LogP contribution in [-0.4, -0.2) is 72.9 Å². The van der Waals surface area contributed by atoms with Gasteiger partial charge < -0.3 is 34.3 Å². The number of hydrogen-bond donors (Lipinski definition) is 2. The van der Waals surface area contributed by atoms with E-state index in [0.29, 0.717) is 35.8 Å². The lowest BCUT2D eigenvalue weighted by atomic mass is 9.90. The maximum absolute atomic E-state index is 13.8. The summed E-state index contributed by atoms with van der Waals surface area (Å²) in [5.41, 5.74) is 0.583. The van der Waals surface area contributed by atoms with E-state index in [1.165, 1.54) is 6.92 Å². The fourth-order valence-electron chi connectivity index (χ4n) is 4.92. The third kappa shape index (κ3) is 7.98. The molecular weight excluding hydrogens is 528 g/mol. The summed E-state index contributed by atoms with van der Waals surface area (Å²) in [6, 6.07) is 12.1. The Morgan fingerprint density at radius 1 is 1.00 bits per heavy atom. The summed E-state index contributed by atoms with van der Waals surface area (Å²) in [5, 5.41) is 12.8. The molecule has 0 aliphatic carbocycles. The largest absolute Gasteiger partial charge is 0.493 e. The van der Waals surface area contributed by atoms with Crippen molar-refractivity contribution in [2.75, 3.05) is 39.6 Å². The van der Waals surface area contributed by atoms with E-state index in [1.54, 1.807) is 17.0 Å². The average molecular weight is 571 g/mol. The highest BCUT2D eigenvalue weighted by atomic mass is 16.5. The number of urea groups is 1. The van der Waals surface area contributed by atoms with Crippen molar-refractivity contribution in [1.29, 1.82) is 0 Å². The van der Waals surface area contributed by atoms with E-state index < -0.39 is 23.6 Å². The molecule has 2 aromatic carbocycles. The number of aliphatic carboxylic acids is 1. The molecule has 224 valence electrons. The fourth-order valence-corrected chi connectivity index (χ4v) is 4.92. The second kappa shape index (κ2) is 14.8. The van der Waals surface area contributed by atoms with Crippen LogP contribution in [-0.2, 0) is 14.3 Å². The summed E-state index contributed by atoms with van der Waals surface area (Å²) in [7, 11) is 0. The van der Waals surface area contributed by atoms with Gasteiger partial charge in [0.2, 0.25) is 0 Å². The lowest BCUT2D eigenvalue weighted by Crippen LogP contribution is -2.60. The number of Topliss-reactive ketones (excluding diaryl/α,β-unsaturated/α-hetero) is 1. The minimum Gasteiger partial charge on any atom is -0.493 e. The number of rotatable bonds is 14. The number of benzene rings is 2. The van der Waals surface area contributed by atoms with Crippen LogP contribution < -0.4 is 14.8 Å². The number of nitrogens with one attached hydrogen (secondary N) is 1. The highest BCUT2D eigenvalue weighted by Crippen LogP contribution is 2.36. The number of carboxylic acids is 1. The quantitative estimate of drug-likeness (QED) is 0.298. The number of ether oxygens (including phenoxy) is 4. The number of nitrogens with zero attached hydrogens (tertiary/aromatic N) is 1. The number of hydrogen-bond acceptors (Lipinski definition) is 7. The van der Waals surface area contributed by atoms with Crippen molar-refractivity contribution in [3.63, 3.8) is 0 Å². The van der Waals surface area contributed by atoms with E-state index >= 15 is 0 Å². The SMILES string of the molecule is CCOc1cc([C@@H](C)N(CCO[C@@H](C)c2ccccc2)C(=O)NC2(C(=O)O)CCOCC2)cc(OCC)c1C(C)=O. The molecule has 1 saturated heterocycles. The minimum atomic E-state index is -1.43. The number of carbonyl (C=O) groups excluding carboxylic acids is 2. The molecule has 10 heteroatoms. The molecule has 1 aliphatic heterocycles. The predicted molar refractivity (Wildman–Crippen MR) is 154 cm³/mol. The molecule has 1 aliphatic rings. The van der Waals surface area contributed by atoms with E-state index in [-0.39, 0.29) is 51.1 Å². The normalized spacial score (nSPS) is 15.8. The van der Waals surface area contributed by atoms with Crippen molar-refractivity contribution in [2.45, 2.75) is 65.1 Å². The third-order valence-corrected chi connectivity index (χ3v) is 7.32. The standard InChI is InChI=1S/C31H42N2O8/c1-6-39-26-19-25(20-27(40-7-2)28(26)22(4)34)21(3)33(15-18-41-23(5)24-11-9-8-10-12-24)30(37)32-31(29(35)36)13-16-38-17-14-31/h8-12,19-21,23H,6-7,13-18H2,1-5H3,(H,32,37)(H,35,36)/t21-,23+/m1/s1. The maximum atomic E-state index is 13.8. The first-order chi connectivity index (χ1) is 19.6. The van der Waals surface area contributed by atoms with Crippen LogP contribution in [0, 0.1) is 0 Å². The zero-order valence-electron chi connectivity index (χ0n) is 24.6. The van der Waals surface area contributed by atoms with E-state index in [0.717, 1.165) is 5.56 Å². The van der Waals surface area contributed by atoms with Gasteiger partial charge in [0.05, 0.1) is 32.0 Å². The van der Waals surface area contributed by atoms with Gasteiger partial charge >= 0.3 is 12.0 Å². The Morgan fingerprint density at radius 3 is 2.10 bits per heavy atom. The van der Waals surface area contributed by atoms with Crippen LogP contribution in [0.1, 0.15) is 81.1 Å². The van der Waals surface area contributed by atoms with Gasteiger partial charge in [-0.2, -0.15) is 0 Å². The molecule has 3 rings (SSSR count). The number of carbonyl (C=O) groups is 3. The van der Waals surface area contributed by atoms with Crippen molar-refractivity contribution in [3.8, 4) is 11.5 Å². The molecule has 0 aromatic heterocycles. The number of amides is 2. The van der Waals surface area contributed by atoms with Gasteiger partial charge in [-0.1, -0.05) is 30.3 Å². The molecule has 0 bridgehead atoms. The first-order valence-electron chi connectivity index (χ1n) is 14.1. The summed E-state index contributed by atoms with van der Waals surface area (Å²) < 4.78 is 23.1. The zero-order valence-corrected chi connectivity index (χ0v) is 24.6. The molecule has 2 amide bonds. The molecule has 1 heterocycles. The molecule has 10 nitrogen and oxygen atoms in total. The minimum absolute atomic E-state index is 0.161. The molecule has 0 saturated carbocycles. The van der Waals surface area contributed by atoms with Crippen LogP contribution in [0.3, 0.4) is 0 Å². The molecule has 2 N–H and O–H groups in total. The van der Waals surface area contributed by atoms with Crippen LogP contribution in [0.5, 0.6) is 11.5 Å². The Labute approximate surface area is 241 Å². The van der Waals surface area contributed by atoms with Gasteiger partial charge in [-0.25, -0.2) is 9.59 Å². The summed E-state index contributed by atoms with van der Waals surface area (Å²) in [5.74, 6) is -0.558. The summed E-state index contributed by atoms with van der Waals surface area (Å²) in [6.45, 7) is 10.4. The Bertz CT molecular complexity index is 1150. The Balaban J connectivity index is 1.94. The van der Waals surface area contributed by atoms with Crippen molar-refractivity contribution in [1.82, 2.24) is 10.2 Å². The van der Waals surface area contributed by atoms with Crippen molar-refractivity contribution in [3.05, 3.63) is 59.2 Å². The lowest BCUT2D eigenvalue weighted by Gasteiger charge is -2.38. The molecule has 2 aromatic rings. The van der Waals surface area contributed by atoms with Crippen molar-refractivity contribution < 1.29 is 38.4 Å². The molecule has 2 atom stereocenters. The van der Waals surface area contributed by atoms with Crippen molar-refractivity contribution >= 4 is 17.8 Å². The van der Waals surface area contributed by atoms with Gasteiger partial charge in [-0.05, 0) is 57.9 Å². The summed E-state index contributed by atoms with van der Waals surface area (Å²) >= 11 is 0. The van der Waals surface area contributed by atoms with Crippen LogP contribution in [0.25, 0.3) is 0 Å². The highest BCUT2D eigenvalue weighted by molar-refractivity contribution is 5.99. The number of carboxylic acid groups (broad SMARTS) is 1. The van der Waals surface area contributed by atoms with Crippen molar-refractivity contribution in [2.24, 2.45) is 0 Å². The van der Waals surface area contributed by atoms with Crippen LogP contribution in [0.4, 0.5) is 4.79 Å². The Hall–Kier alpha value is -3.63. The first kappa shape index (κ1) is 31.9. The number of ketones is 1. The van der Waals surface area contributed by atoms with E-state index in [9.17, 15) is 19.5 Å². The second-order valence-electron chi connectivity index (χ2n) is 10.0. The molecule has 0 unspecified atom stereocenters. The van der Waals surface area contributed by atoms with E-state index in [4.69, 9.17) is 18.9 Å². The molecular formula is C31H42N2O8. The Morgan fingerprint density at radius 2 is 1.59 bits per heavy atom. The van der Waals surface area contributed by atoms with Gasteiger partial charge in [0, 0.05) is 32.6 Å². The van der Waals surface area contributed by atoms with Gasteiger partial charge in [-0.15, -0.1) is 0 Å². The fraction of sp³-hybridized carbons (Fsp3) is 0.516. The lowest BCUT2D eigenvalue weighted by molar-refractivity contribution is -0.148. The second-order valence-corrected chi connectivity index (χ2v) is 10.0. The summed E-state index contributed by atoms with van der Waals surface area (Å²) in [6.07, 6.45) is 0.114. The zero-order chi connectivity index (χ0) is 30.0.